The van der Waals surface area contributed by atoms with E-state index in [2.05, 4.69) is 74.9 Å². The quantitative estimate of drug-likeness (QED) is 0.0673. The fraction of sp³-hybridized carbons (Fsp3) is 0.696. The molecule has 0 heterocycles. The van der Waals surface area contributed by atoms with Gasteiger partial charge in [0, 0.05) is 19.3 Å². The average Bonchev–Trinajstić information content (AvgIpc) is 3.27. The number of benzene rings is 2. The van der Waals surface area contributed by atoms with Crippen LogP contribution in [0.25, 0.3) is 0 Å². The van der Waals surface area contributed by atoms with Gasteiger partial charge in [-0.2, -0.15) is 8.42 Å². The van der Waals surface area contributed by atoms with E-state index >= 15 is 0 Å². The summed E-state index contributed by atoms with van der Waals surface area (Å²) in [6.07, 6.45) is 25.8. The molecule has 0 unspecified atom stereocenters. The summed E-state index contributed by atoms with van der Waals surface area (Å²) in [4.78, 5) is 34.9. The summed E-state index contributed by atoms with van der Waals surface area (Å²) in [6.45, 7) is 15.7. The Morgan fingerprint density at radius 2 is 1.11 bits per heavy atom. The SMILES string of the molecule is CC#CC(C)(C)C.CC(=O)Oc1ccc(C2CCC(C)CC2)cc1.CCCCCC1CCC(C2CCC(C(=O)Oc3ccc(C4CCC(OC(C)=O)CC4)cc3)CC2)CC1.COS(C)(=O)=O. The molecule has 4 fully saturated rings. The van der Waals surface area contributed by atoms with E-state index < -0.39 is 10.1 Å². The van der Waals surface area contributed by atoms with Gasteiger partial charge in [-0.1, -0.05) is 95.4 Å². The molecule has 0 amide bonds. The van der Waals surface area contributed by atoms with Gasteiger partial charge in [-0.3, -0.25) is 18.6 Å². The lowest BCUT2D eigenvalue weighted by atomic mass is 9.68. The van der Waals surface area contributed by atoms with Crippen LogP contribution in [-0.4, -0.2) is 45.8 Å². The molecule has 0 bridgehead atoms. The maximum absolute atomic E-state index is 12.9. The second kappa shape index (κ2) is 29.3. The number of carbonyl (C=O) groups is 3. The third-order valence-electron chi connectivity index (χ3n) is 13.9. The van der Waals surface area contributed by atoms with Crippen LogP contribution in [0.3, 0.4) is 0 Å². The third-order valence-corrected chi connectivity index (χ3v) is 14.5. The van der Waals surface area contributed by atoms with E-state index in [-0.39, 0.29) is 35.3 Å². The highest BCUT2D eigenvalue weighted by Gasteiger charge is 2.34. The molecule has 4 aliphatic rings. The van der Waals surface area contributed by atoms with E-state index in [0.29, 0.717) is 23.3 Å². The van der Waals surface area contributed by atoms with Gasteiger partial charge in [-0.15, -0.1) is 5.92 Å². The first-order valence-corrected chi connectivity index (χ1v) is 27.1. The molecule has 2 aromatic rings. The number of unbranched alkanes of at least 4 members (excludes halogenated alkanes) is 2. The van der Waals surface area contributed by atoms with Crippen molar-refractivity contribution in [1.29, 1.82) is 0 Å². The molecule has 66 heavy (non-hydrogen) atoms. The van der Waals surface area contributed by atoms with Crippen molar-refractivity contribution in [2.75, 3.05) is 13.4 Å². The first-order valence-electron chi connectivity index (χ1n) is 25.3. The minimum atomic E-state index is -3.16. The highest BCUT2D eigenvalue weighted by molar-refractivity contribution is 7.85. The van der Waals surface area contributed by atoms with Gasteiger partial charge in [0.1, 0.15) is 17.6 Å². The van der Waals surface area contributed by atoms with Crippen molar-refractivity contribution in [2.24, 2.45) is 35.0 Å². The van der Waals surface area contributed by atoms with Gasteiger partial charge >= 0.3 is 17.9 Å². The number of esters is 3. The van der Waals surface area contributed by atoms with E-state index in [9.17, 15) is 22.8 Å². The van der Waals surface area contributed by atoms with E-state index in [4.69, 9.17) is 14.2 Å². The second-order valence-electron chi connectivity index (χ2n) is 20.6. The van der Waals surface area contributed by atoms with Crippen LogP contribution in [0.15, 0.2) is 48.5 Å². The summed E-state index contributed by atoms with van der Waals surface area (Å²) in [5.74, 6) is 11.5. The summed E-state index contributed by atoms with van der Waals surface area (Å²) in [5.41, 5.74) is 2.86. The predicted molar refractivity (Wildman–Crippen MR) is 267 cm³/mol. The van der Waals surface area contributed by atoms with Crippen LogP contribution in [0.1, 0.15) is 207 Å². The number of hydrogen-bond donors (Lipinski definition) is 0. The average molecular weight is 935 g/mol. The van der Waals surface area contributed by atoms with Crippen LogP contribution < -0.4 is 9.47 Å². The van der Waals surface area contributed by atoms with Crippen molar-refractivity contribution in [2.45, 2.75) is 202 Å². The first kappa shape index (κ1) is 56.6. The summed E-state index contributed by atoms with van der Waals surface area (Å²) in [6, 6.07) is 16.1. The Hall–Kier alpha value is -3.68. The summed E-state index contributed by atoms with van der Waals surface area (Å²) in [7, 11) is -2.04. The van der Waals surface area contributed by atoms with Gasteiger partial charge in [0.05, 0.1) is 19.3 Å². The predicted octanol–water partition coefficient (Wildman–Crippen LogP) is 13.9. The fourth-order valence-electron chi connectivity index (χ4n) is 10.2. The lowest BCUT2D eigenvalue weighted by Gasteiger charge is -2.37. The van der Waals surface area contributed by atoms with Crippen LogP contribution in [0.4, 0.5) is 0 Å². The normalized spacial score (nSPS) is 25.2. The summed E-state index contributed by atoms with van der Waals surface area (Å²) in [5, 5.41) is 0. The molecule has 2 aromatic carbocycles. The van der Waals surface area contributed by atoms with Crippen LogP contribution in [-0.2, 0) is 33.4 Å². The number of carbonyl (C=O) groups excluding carboxylic acids is 3. The molecule has 6 rings (SSSR count). The molecule has 0 N–H and O–H groups in total. The number of rotatable bonds is 12. The fourth-order valence-corrected chi connectivity index (χ4v) is 10.2. The van der Waals surface area contributed by atoms with Crippen molar-refractivity contribution < 1.29 is 41.2 Å². The van der Waals surface area contributed by atoms with E-state index in [1.165, 1.54) is 115 Å². The van der Waals surface area contributed by atoms with E-state index in [1.807, 2.05) is 31.2 Å². The zero-order valence-electron chi connectivity index (χ0n) is 42.5. The molecule has 0 spiro atoms. The molecule has 0 aromatic heterocycles. The van der Waals surface area contributed by atoms with Crippen molar-refractivity contribution >= 4 is 28.0 Å². The maximum Gasteiger partial charge on any atom is 0.314 e. The van der Waals surface area contributed by atoms with Crippen LogP contribution in [0.5, 0.6) is 11.5 Å². The van der Waals surface area contributed by atoms with Gasteiger partial charge < -0.3 is 14.2 Å². The van der Waals surface area contributed by atoms with Crippen molar-refractivity contribution in [3.63, 3.8) is 0 Å². The van der Waals surface area contributed by atoms with Crippen LogP contribution in [0.2, 0.25) is 0 Å². The van der Waals surface area contributed by atoms with Crippen LogP contribution >= 0.6 is 0 Å². The Morgan fingerprint density at radius 3 is 1.50 bits per heavy atom. The van der Waals surface area contributed by atoms with Gasteiger partial charge in [-0.25, -0.2) is 0 Å². The molecule has 4 saturated carbocycles. The smallest absolute Gasteiger partial charge is 0.314 e. The van der Waals surface area contributed by atoms with Gasteiger partial charge in [0.15, 0.2) is 0 Å². The van der Waals surface area contributed by atoms with Gasteiger partial charge in [0.2, 0.25) is 0 Å². The van der Waals surface area contributed by atoms with E-state index in [1.54, 1.807) is 0 Å². The minimum absolute atomic E-state index is 0.0391. The monoisotopic (exact) mass is 935 g/mol. The molecule has 0 atom stereocenters. The molecule has 4 aliphatic carbocycles. The van der Waals surface area contributed by atoms with Gasteiger partial charge in [0.25, 0.3) is 10.1 Å². The molecular formula is C56H86O9S. The number of hydrogen-bond acceptors (Lipinski definition) is 9. The molecule has 370 valence electrons. The highest BCUT2D eigenvalue weighted by atomic mass is 32.2. The van der Waals surface area contributed by atoms with Crippen molar-refractivity contribution in [3.05, 3.63) is 59.7 Å². The standard InChI is InChI=1S/C32H48O4.C15H20O2.C7H12.C2H6O3S/c1-3-4-5-6-24-7-9-25(10-8-24)26-11-13-29(14-12-26)32(34)36-31-21-17-28(18-22-31)27-15-19-30(20-16-27)35-23(2)33;1-11-3-5-13(6-4-11)14-7-9-15(10-8-14)17-12(2)16;1-5-6-7(2,3)4;1-5-6(2,3)4/h17-18,21-22,24-27,29-30H,3-16,19-20H2,1-2H3;7-11,13H,3-6H2,1-2H3;1-4H3;1-2H3. The molecule has 10 heteroatoms. The Bertz CT molecular complexity index is 1870. The molecule has 0 saturated heterocycles. The molecular weight excluding hydrogens is 849 g/mol. The Balaban J connectivity index is 0.000000315. The van der Waals surface area contributed by atoms with Gasteiger partial charge in [-0.05, 0) is 176 Å². The van der Waals surface area contributed by atoms with Crippen LogP contribution in [0, 0.1) is 46.8 Å². The summed E-state index contributed by atoms with van der Waals surface area (Å²) >= 11 is 0. The molecule has 0 aliphatic heterocycles. The van der Waals surface area contributed by atoms with Crippen molar-refractivity contribution in [1.82, 2.24) is 0 Å². The lowest BCUT2D eigenvalue weighted by molar-refractivity contribution is -0.148. The highest BCUT2D eigenvalue weighted by Crippen LogP contribution is 2.43. The largest absolute Gasteiger partial charge is 0.463 e. The lowest BCUT2D eigenvalue weighted by Crippen LogP contribution is -2.30. The first-order chi connectivity index (χ1) is 31.3. The second-order valence-corrected chi connectivity index (χ2v) is 22.3. The minimum Gasteiger partial charge on any atom is -0.463 e. The number of ether oxygens (including phenoxy) is 3. The zero-order chi connectivity index (χ0) is 48.7. The Kier molecular flexibility index (Phi) is 25.1. The Morgan fingerprint density at radius 1 is 0.652 bits per heavy atom. The molecule has 9 nitrogen and oxygen atoms in total. The maximum atomic E-state index is 12.9. The third kappa shape index (κ3) is 22.9. The topological polar surface area (TPSA) is 122 Å². The van der Waals surface area contributed by atoms with E-state index in [0.717, 1.165) is 75.6 Å². The zero-order valence-corrected chi connectivity index (χ0v) is 43.3. The van der Waals surface area contributed by atoms with Crippen molar-refractivity contribution in [3.8, 4) is 23.3 Å². The summed E-state index contributed by atoms with van der Waals surface area (Å²) < 4.78 is 39.7. The molecule has 0 radical (unpaired) electrons. The Labute approximate surface area is 400 Å².